The molecule has 4 nitrogen and oxygen atoms in total. The van der Waals surface area contributed by atoms with Gasteiger partial charge in [-0.3, -0.25) is 4.79 Å². The van der Waals surface area contributed by atoms with Crippen molar-refractivity contribution in [3.8, 4) is 11.5 Å². The first kappa shape index (κ1) is 12.5. The Kier molecular flexibility index (Phi) is 3.90. The Hall–Kier alpha value is -1.55. The van der Waals surface area contributed by atoms with Gasteiger partial charge in [0, 0.05) is 17.7 Å². The normalized spacial score (nSPS) is 12.8. The molecule has 3 N–H and O–H groups in total. The number of benzene rings is 1. The van der Waals surface area contributed by atoms with E-state index in [1.165, 1.54) is 18.2 Å². The summed E-state index contributed by atoms with van der Waals surface area (Å²) in [6.45, 7) is 5.65. The van der Waals surface area contributed by atoms with E-state index < -0.39 is 0 Å². The fourth-order valence-electron chi connectivity index (χ4n) is 1.56. The highest BCUT2D eigenvalue weighted by molar-refractivity contribution is 6.00. The second-order valence-electron chi connectivity index (χ2n) is 4.15. The van der Waals surface area contributed by atoms with Crippen LogP contribution in [0.15, 0.2) is 18.2 Å². The minimum Gasteiger partial charge on any atom is -0.508 e. The van der Waals surface area contributed by atoms with Gasteiger partial charge < -0.3 is 15.5 Å². The molecule has 0 aliphatic carbocycles. The molecular weight excluding hydrogens is 206 g/mol. The maximum absolute atomic E-state index is 11.9. The zero-order valence-corrected chi connectivity index (χ0v) is 9.69. The van der Waals surface area contributed by atoms with Crippen molar-refractivity contribution in [2.24, 2.45) is 0 Å². The van der Waals surface area contributed by atoms with Crippen LogP contribution in [-0.2, 0) is 0 Å². The predicted molar refractivity (Wildman–Crippen MR) is 61.8 cm³/mol. The maximum atomic E-state index is 11.9. The van der Waals surface area contributed by atoms with E-state index in [0.29, 0.717) is 5.56 Å². The smallest absolute Gasteiger partial charge is 0.179 e. The van der Waals surface area contributed by atoms with Crippen LogP contribution >= 0.6 is 0 Å². The molecule has 1 unspecified atom stereocenters. The number of aromatic hydroxyl groups is 2. The van der Waals surface area contributed by atoms with Crippen LogP contribution in [0.25, 0.3) is 0 Å². The predicted octanol–water partition coefficient (Wildman–Crippen LogP) is 1.67. The average molecular weight is 223 g/mol. The highest BCUT2D eigenvalue weighted by Gasteiger charge is 2.16. The van der Waals surface area contributed by atoms with Crippen LogP contribution in [0, 0.1) is 0 Å². The third kappa shape index (κ3) is 3.24. The van der Waals surface area contributed by atoms with Crippen molar-refractivity contribution in [1.29, 1.82) is 0 Å². The van der Waals surface area contributed by atoms with Crippen molar-refractivity contribution in [2.45, 2.75) is 32.9 Å². The molecule has 0 saturated carbocycles. The largest absolute Gasteiger partial charge is 0.508 e. The van der Waals surface area contributed by atoms with Crippen LogP contribution in [0.2, 0.25) is 0 Å². The van der Waals surface area contributed by atoms with Crippen molar-refractivity contribution in [3.63, 3.8) is 0 Å². The number of ketones is 1. The van der Waals surface area contributed by atoms with E-state index in [2.05, 4.69) is 5.32 Å². The molecule has 1 atom stereocenters. The zero-order chi connectivity index (χ0) is 12.3. The lowest BCUT2D eigenvalue weighted by atomic mass is 10.0. The lowest BCUT2D eigenvalue weighted by Gasteiger charge is -2.15. The summed E-state index contributed by atoms with van der Waals surface area (Å²) in [7, 11) is 0. The Morgan fingerprint density at radius 1 is 1.12 bits per heavy atom. The van der Waals surface area contributed by atoms with E-state index in [9.17, 15) is 15.0 Å². The summed E-state index contributed by atoms with van der Waals surface area (Å²) in [6, 6.07) is 3.74. The maximum Gasteiger partial charge on any atom is 0.179 e. The monoisotopic (exact) mass is 223 g/mol. The molecule has 0 amide bonds. The fraction of sp³-hybridized carbons (Fsp3) is 0.417. The highest BCUT2D eigenvalue weighted by atomic mass is 16.3. The number of Topliss-reactive ketones (excluding diaryl/α,β-unsaturated/α-hetero) is 1. The summed E-state index contributed by atoms with van der Waals surface area (Å²) in [5, 5.41) is 21.6. The van der Waals surface area contributed by atoms with Gasteiger partial charge in [0.25, 0.3) is 0 Å². The fourth-order valence-corrected chi connectivity index (χ4v) is 1.56. The zero-order valence-electron chi connectivity index (χ0n) is 9.69. The molecule has 1 aromatic carbocycles. The number of rotatable bonds is 4. The molecule has 1 aromatic rings. The Balaban J connectivity index is 2.87. The molecule has 0 aromatic heterocycles. The van der Waals surface area contributed by atoms with E-state index in [1.54, 1.807) is 6.92 Å². The van der Waals surface area contributed by atoms with E-state index >= 15 is 0 Å². The van der Waals surface area contributed by atoms with Crippen molar-refractivity contribution >= 4 is 5.78 Å². The van der Waals surface area contributed by atoms with Gasteiger partial charge in [-0.25, -0.2) is 0 Å². The highest BCUT2D eigenvalue weighted by Crippen LogP contribution is 2.21. The van der Waals surface area contributed by atoms with Gasteiger partial charge >= 0.3 is 0 Å². The Morgan fingerprint density at radius 3 is 2.06 bits per heavy atom. The SMILES string of the molecule is CC(C)NC(C)C(=O)c1cc(O)cc(O)c1. The number of carbonyl (C=O) groups excluding carboxylic acids is 1. The standard InChI is InChI=1S/C12H17NO3/c1-7(2)13-8(3)12(16)9-4-10(14)6-11(15)5-9/h4-8,13-15H,1-3H3. The number of carbonyl (C=O) groups is 1. The molecule has 4 heteroatoms. The molecule has 0 aliphatic rings. The van der Waals surface area contributed by atoms with Gasteiger partial charge in [-0.05, 0) is 19.1 Å². The molecule has 0 bridgehead atoms. The summed E-state index contributed by atoms with van der Waals surface area (Å²) in [6.07, 6.45) is 0. The van der Waals surface area contributed by atoms with E-state index in [0.717, 1.165) is 0 Å². The van der Waals surface area contributed by atoms with Crippen LogP contribution < -0.4 is 5.32 Å². The Bertz CT molecular complexity index is 368. The molecule has 16 heavy (non-hydrogen) atoms. The lowest BCUT2D eigenvalue weighted by molar-refractivity contribution is 0.0946. The number of phenols is 2. The van der Waals surface area contributed by atoms with Gasteiger partial charge in [0.1, 0.15) is 11.5 Å². The van der Waals surface area contributed by atoms with Crippen molar-refractivity contribution in [1.82, 2.24) is 5.32 Å². The Morgan fingerprint density at radius 2 is 1.62 bits per heavy atom. The quantitative estimate of drug-likeness (QED) is 0.679. The summed E-state index contributed by atoms with van der Waals surface area (Å²) in [4.78, 5) is 11.9. The van der Waals surface area contributed by atoms with Crippen LogP contribution in [-0.4, -0.2) is 28.1 Å². The van der Waals surface area contributed by atoms with Gasteiger partial charge in [0.15, 0.2) is 5.78 Å². The molecule has 0 heterocycles. The third-order valence-corrected chi connectivity index (χ3v) is 2.16. The number of hydrogen-bond acceptors (Lipinski definition) is 4. The average Bonchev–Trinajstić information content (AvgIpc) is 2.13. The van der Waals surface area contributed by atoms with E-state index in [4.69, 9.17) is 0 Å². The van der Waals surface area contributed by atoms with Gasteiger partial charge in [-0.2, -0.15) is 0 Å². The third-order valence-electron chi connectivity index (χ3n) is 2.16. The lowest BCUT2D eigenvalue weighted by Crippen LogP contribution is -2.38. The number of hydrogen-bond donors (Lipinski definition) is 3. The van der Waals surface area contributed by atoms with Gasteiger partial charge in [-0.1, -0.05) is 13.8 Å². The van der Waals surface area contributed by atoms with E-state index in [1.807, 2.05) is 13.8 Å². The van der Waals surface area contributed by atoms with Crippen molar-refractivity contribution in [2.75, 3.05) is 0 Å². The molecule has 0 saturated heterocycles. The summed E-state index contributed by atoms with van der Waals surface area (Å²) in [5.41, 5.74) is 0.304. The van der Waals surface area contributed by atoms with Crippen LogP contribution in [0.1, 0.15) is 31.1 Å². The first-order valence-corrected chi connectivity index (χ1v) is 5.23. The molecule has 0 radical (unpaired) electrons. The van der Waals surface area contributed by atoms with E-state index in [-0.39, 0.29) is 29.4 Å². The van der Waals surface area contributed by atoms with Crippen LogP contribution in [0.4, 0.5) is 0 Å². The second kappa shape index (κ2) is 4.99. The molecule has 0 fully saturated rings. The molecule has 88 valence electrons. The summed E-state index contributed by atoms with van der Waals surface area (Å²) < 4.78 is 0. The molecular formula is C12H17NO3. The molecule has 1 rings (SSSR count). The molecule has 0 spiro atoms. The minimum absolute atomic E-state index is 0.111. The summed E-state index contributed by atoms with van der Waals surface area (Å²) >= 11 is 0. The van der Waals surface area contributed by atoms with Crippen molar-refractivity contribution in [3.05, 3.63) is 23.8 Å². The first-order valence-electron chi connectivity index (χ1n) is 5.23. The van der Waals surface area contributed by atoms with Gasteiger partial charge in [-0.15, -0.1) is 0 Å². The number of nitrogens with one attached hydrogen (secondary N) is 1. The number of phenolic OH excluding ortho intramolecular Hbond substituents is 2. The van der Waals surface area contributed by atoms with Gasteiger partial charge in [0.2, 0.25) is 0 Å². The molecule has 0 aliphatic heterocycles. The minimum atomic E-state index is -0.346. The first-order chi connectivity index (χ1) is 7.40. The van der Waals surface area contributed by atoms with Crippen LogP contribution in [0.3, 0.4) is 0 Å². The topological polar surface area (TPSA) is 69.6 Å². The van der Waals surface area contributed by atoms with Gasteiger partial charge in [0.05, 0.1) is 6.04 Å². The summed E-state index contributed by atoms with van der Waals surface area (Å²) in [5.74, 6) is -0.375. The van der Waals surface area contributed by atoms with Crippen molar-refractivity contribution < 1.29 is 15.0 Å². The van der Waals surface area contributed by atoms with Crippen LogP contribution in [0.5, 0.6) is 11.5 Å². The Labute approximate surface area is 94.9 Å². The second-order valence-corrected chi connectivity index (χ2v) is 4.15.